The summed E-state index contributed by atoms with van der Waals surface area (Å²) in [6, 6.07) is 8.07. The summed E-state index contributed by atoms with van der Waals surface area (Å²) in [4.78, 5) is 0. The van der Waals surface area contributed by atoms with Gasteiger partial charge in [-0.1, -0.05) is 70.1 Å². The Morgan fingerprint density at radius 1 is 1.00 bits per heavy atom. The van der Waals surface area contributed by atoms with E-state index < -0.39 is 0 Å². The van der Waals surface area contributed by atoms with Crippen molar-refractivity contribution in [3.8, 4) is 5.75 Å². The summed E-state index contributed by atoms with van der Waals surface area (Å²) in [5.41, 5.74) is 0.985. The summed E-state index contributed by atoms with van der Waals surface area (Å²) >= 11 is 0. The van der Waals surface area contributed by atoms with Crippen LogP contribution in [0.3, 0.4) is 0 Å². The van der Waals surface area contributed by atoms with Gasteiger partial charge in [-0.2, -0.15) is 0 Å². The Balaban J connectivity index is 2.03. The second-order valence-corrected chi connectivity index (χ2v) is 5.82. The normalized spacial score (nSPS) is 12.5. The molecule has 0 radical (unpaired) electrons. The van der Waals surface area contributed by atoms with E-state index in [1.807, 2.05) is 18.2 Å². The van der Waals surface area contributed by atoms with Crippen molar-refractivity contribution in [2.24, 2.45) is 0 Å². The molecule has 2 nitrogen and oxygen atoms in total. The molecule has 0 spiro atoms. The highest BCUT2D eigenvalue weighted by Gasteiger charge is 2.04. The molecule has 0 aliphatic heterocycles. The van der Waals surface area contributed by atoms with Crippen LogP contribution in [0.15, 0.2) is 24.3 Å². The number of benzene rings is 1. The molecule has 2 N–H and O–H groups in total. The van der Waals surface area contributed by atoms with Crippen molar-refractivity contribution < 1.29 is 5.11 Å². The molecule has 0 saturated carbocycles. The molecule has 0 bridgehead atoms. The van der Waals surface area contributed by atoms with Gasteiger partial charge in [0.25, 0.3) is 0 Å². The van der Waals surface area contributed by atoms with E-state index in [0.717, 1.165) is 12.1 Å². The minimum atomic E-state index is 0.392. The van der Waals surface area contributed by atoms with Crippen LogP contribution in [-0.4, -0.2) is 11.1 Å². The summed E-state index contributed by atoms with van der Waals surface area (Å²) in [5, 5.41) is 13.2. The Hall–Kier alpha value is -1.02. The van der Waals surface area contributed by atoms with Crippen molar-refractivity contribution in [3.05, 3.63) is 29.8 Å². The van der Waals surface area contributed by atoms with E-state index in [0.29, 0.717) is 11.8 Å². The maximum absolute atomic E-state index is 9.70. The highest BCUT2D eigenvalue weighted by Crippen LogP contribution is 2.15. The topological polar surface area (TPSA) is 32.3 Å². The van der Waals surface area contributed by atoms with Crippen molar-refractivity contribution in [2.75, 3.05) is 0 Å². The minimum Gasteiger partial charge on any atom is -0.508 e. The first kappa shape index (κ1) is 17.0. The fraction of sp³-hybridized carbons (Fsp3) is 0.667. The van der Waals surface area contributed by atoms with Crippen LogP contribution in [-0.2, 0) is 6.54 Å². The molecule has 0 heterocycles. The smallest absolute Gasteiger partial charge is 0.120 e. The molecule has 0 saturated heterocycles. The second-order valence-electron chi connectivity index (χ2n) is 5.82. The maximum Gasteiger partial charge on any atom is 0.120 e. The van der Waals surface area contributed by atoms with Gasteiger partial charge in [-0.3, -0.25) is 0 Å². The highest BCUT2D eigenvalue weighted by atomic mass is 16.3. The largest absolute Gasteiger partial charge is 0.508 e. The summed E-state index contributed by atoms with van der Waals surface area (Å²) in [7, 11) is 0. The van der Waals surface area contributed by atoms with Crippen molar-refractivity contribution >= 4 is 0 Å². The van der Waals surface area contributed by atoms with E-state index in [2.05, 4.69) is 19.2 Å². The van der Waals surface area contributed by atoms with Crippen LogP contribution in [0.5, 0.6) is 5.75 Å². The lowest BCUT2D eigenvalue weighted by Gasteiger charge is -2.14. The van der Waals surface area contributed by atoms with Crippen molar-refractivity contribution in [2.45, 2.75) is 77.8 Å². The van der Waals surface area contributed by atoms with Gasteiger partial charge < -0.3 is 10.4 Å². The average Bonchev–Trinajstić information content (AvgIpc) is 2.45. The molecule has 114 valence electrons. The van der Waals surface area contributed by atoms with Gasteiger partial charge in [-0.05, 0) is 19.4 Å². The lowest BCUT2D eigenvalue weighted by atomic mass is 10.1. The van der Waals surface area contributed by atoms with E-state index in [1.54, 1.807) is 6.07 Å². The molecule has 0 aliphatic carbocycles. The standard InChI is InChI=1S/C18H31NO/c1-3-4-5-6-7-8-9-12-16(2)19-15-17-13-10-11-14-18(17)20/h10-11,13-14,16,19-20H,3-9,12,15H2,1-2H3. The third kappa shape index (κ3) is 7.54. The van der Waals surface area contributed by atoms with Crippen LogP contribution >= 0.6 is 0 Å². The molecule has 1 aromatic carbocycles. The van der Waals surface area contributed by atoms with E-state index in [-0.39, 0.29) is 0 Å². The van der Waals surface area contributed by atoms with Gasteiger partial charge in [0.15, 0.2) is 0 Å². The average molecular weight is 277 g/mol. The number of hydrogen-bond donors (Lipinski definition) is 2. The minimum absolute atomic E-state index is 0.392. The van der Waals surface area contributed by atoms with Gasteiger partial charge >= 0.3 is 0 Å². The summed E-state index contributed by atoms with van der Waals surface area (Å²) in [6.07, 6.45) is 10.8. The van der Waals surface area contributed by atoms with Crippen LogP contribution in [0.1, 0.15) is 70.8 Å². The molecule has 1 unspecified atom stereocenters. The zero-order chi connectivity index (χ0) is 14.6. The molecule has 2 heteroatoms. The van der Waals surface area contributed by atoms with Crippen LogP contribution in [0.4, 0.5) is 0 Å². The van der Waals surface area contributed by atoms with Gasteiger partial charge in [0.2, 0.25) is 0 Å². The first-order valence-electron chi connectivity index (χ1n) is 8.24. The number of nitrogens with one attached hydrogen (secondary N) is 1. The fourth-order valence-electron chi connectivity index (χ4n) is 2.45. The fourth-order valence-corrected chi connectivity index (χ4v) is 2.45. The lowest BCUT2D eigenvalue weighted by Crippen LogP contribution is -2.25. The number of phenols is 1. The Bertz CT molecular complexity index is 351. The number of para-hydroxylation sites is 1. The number of phenolic OH excluding ortho intramolecular Hbond substituents is 1. The van der Waals surface area contributed by atoms with Gasteiger partial charge in [-0.15, -0.1) is 0 Å². The quantitative estimate of drug-likeness (QED) is 0.557. The summed E-state index contributed by atoms with van der Waals surface area (Å²) < 4.78 is 0. The maximum atomic E-state index is 9.70. The third-order valence-electron chi connectivity index (χ3n) is 3.87. The molecular formula is C18H31NO. The first-order valence-corrected chi connectivity index (χ1v) is 8.24. The van der Waals surface area contributed by atoms with E-state index >= 15 is 0 Å². The Morgan fingerprint density at radius 2 is 1.65 bits per heavy atom. The Kier molecular flexibility index (Phi) is 9.14. The molecule has 0 fully saturated rings. The van der Waals surface area contributed by atoms with Crippen molar-refractivity contribution in [1.29, 1.82) is 0 Å². The van der Waals surface area contributed by atoms with Gasteiger partial charge in [0, 0.05) is 18.2 Å². The Morgan fingerprint density at radius 3 is 2.35 bits per heavy atom. The number of unbranched alkanes of at least 4 members (excludes halogenated alkanes) is 6. The highest BCUT2D eigenvalue weighted by molar-refractivity contribution is 5.31. The van der Waals surface area contributed by atoms with Crippen LogP contribution in [0.25, 0.3) is 0 Å². The molecule has 1 atom stereocenters. The number of aromatic hydroxyl groups is 1. The third-order valence-corrected chi connectivity index (χ3v) is 3.87. The molecule has 0 aromatic heterocycles. The van der Waals surface area contributed by atoms with Crippen molar-refractivity contribution in [3.63, 3.8) is 0 Å². The SMILES string of the molecule is CCCCCCCCCC(C)NCc1ccccc1O. The molecule has 1 rings (SSSR count). The molecule has 1 aromatic rings. The monoisotopic (exact) mass is 277 g/mol. The predicted octanol–water partition coefficient (Wildman–Crippen LogP) is 5.01. The zero-order valence-electron chi connectivity index (χ0n) is 13.2. The van der Waals surface area contributed by atoms with Crippen molar-refractivity contribution in [1.82, 2.24) is 5.32 Å². The number of hydrogen-bond acceptors (Lipinski definition) is 2. The van der Waals surface area contributed by atoms with E-state index in [4.69, 9.17) is 0 Å². The van der Waals surface area contributed by atoms with Gasteiger partial charge in [-0.25, -0.2) is 0 Å². The summed E-state index contributed by atoms with van der Waals surface area (Å²) in [6.45, 7) is 5.25. The number of rotatable bonds is 11. The molecule has 0 amide bonds. The van der Waals surface area contributed by atoms with Crippen LogP contribution in [0, 0.1) is 0 Å². The molecule has 20 heavy (non-hydrogen) atoms. The van der Waals surface area contributed by atoms with E-state index in [1.165, 1.54) is 51.4 Å². The van der Waals surface area contributed by atoms with Gasteiger partial charge in [0.1, 0.15) is 5.75 Å². The zero-order valence-corrected chi connectivity index (χ0v) is 13.2. The first-order chi connectivity index (χ1) is 9.74. The van der Waals surface area contributed by atoms with E-state index in [9.17, 15) is 5.11 Å². The predicted molar refractivity (Wildman–Crippen MR) is 87.0 cm³/mol. The van der Waals surface area contributed by atoms with Crippen LogP contribution in [0.2, 0.25) is 0 Å². The molecule has 0 aliphatic rings. The van der Waals surface area contributed by atoms with Crippen LogP contribution < -0.4 is 5.32 Å². The second kappa shape index (κ2) is 10.7. The summed E-state index contributed by atoms with van der Waals surface area (Å²) in [5.74, 6) is 0.392. The van der Waals surface area contributed by atoms with Gasteiger partial charge in [0.05, 0.1) is 0 Å². The molecular weight excluding hydrogens is 246 g/mol. The lowest BCUT2D eigenvalue weighted by molar-refractivity contribution is 0.448. The Labute approximate surface area is 124 Å².